The Morgan fingerprint density at radius 3 is 2.47 bits per heavy atom. The first-order valence-corrected chi connectivity index (χ1v) is 5.91. The monoisotopic (exact) mass is 267 g/mol. The number of Topliss-reactive ketones (excluding diaryl/α,β-unsaturated/α-hetero) is 1. The van der Waals surface area contributed by atoms with Gasteiger partial charge in [0.1, 0.15) is 17.1 Å². The molecule has 0 heterocycles. The molecule has 1 amide bonds. The molecule has 0 aliphatic heterocycles. The standard InChI is InChI=1S/C14H18FNO3/c1-14(2,3)11(17)8-16-13(18)12-9(15)6-5-7-10(12)19-4/h5-7H,8H2,1-4H3,(H,16,18). The minimum atomic E-state index is -0.681. The van der Waals surface area contributed by atoms with Crippen LogP contribution >= 0.6 is 0 Å². The Balaban J connectivity index is 2.83. The summed E-state index contributed by atoms with van der Waals surface area (Å²) < 4.78 is 18.6. The minimum Gasteiger partial charge on any atom is -0.496 e. The maximum atomic E-state index is 13.6. The highest BCUT2D eigenvalue weighted by atomic mass is 19.1. The molecule has 0 atom stereocenters. The second-order valence-corrected chi connectivity index (χ2v) is 5.17. The molecule has 1 aromatic carbocycles. The lowest BCUT2D eigenvalue weighted by atomic mass is 9.91. The van der Waals surface area contributed by atoms with Crippen molar-refractivity contribution in [3.63, 3.8) is 0 Å². The molecule has 5 heteroatoms. The molecule has 0 aromatic heterocycles. The molecule has 104 valence electrons. The van der Waals surface area contributed by atoms with Gasteiger partial charge in [-0.3, -0.25) is 9.59 Å². The average molecular weight is 267 g/mol. The normalized spacial score (nSPS) is 11.0. The van der Waals surface area contributed by atoms with Gasteiger partial charge in [-0.1, -0.05) is 26.8 Å². The first kappa shape index (κ1) is 15.1. The van der Waals surface area contributed by atoms with Gasteiger partial charge in [0, 0.05) is 5.41 Å². The zero-order valence-electron chi connectivity index (χ0n) is 11.5. The van der Waals surface area contributed by atoms with Crippen molar-refractivity contribution in [1.29, 1.82) is 0 Å². The van der Waals surface area contributed by atoms with Crippen LogP contribution in [0.5, 0.6) is 5.75 Å². The first-order chi connectivity index (χ1) is 8.77. The Hall–Kier alpha value is -1.91. The second kappa shape index (κ2) is 5.82. The van der Waals surface area contributed by atoms with E-state index in [0.717, 1.165) is 0 Å². The Morgan fingerprint density at radius 2 is 1.95 bits per heavy atom. The van der Waals surface area contributed by atoms with E-state index >= 15 is 0 Å². The summed E-state index contributed by atoms with van der Waals surface area (Å²) in [6, 6.07) is 4.11. The van der Waals surface area contributed by atoms with Crippen LogP contribution < -0.4 is 10.1 Å². The Bertz CT molecular complexity index is 492. The Morgan fingerprint density at radius 1 is 1.32 bits per heavy atom. The fourth-order valence-corrected chi connectivity index (χ4v) is 1.41. The molecule has 4 nitrogen and oxygen atoms in total. The van der Waals surface area contributed by atoms with Gasteiger partial charge in [0.15, 0.2) is 5.78 Å². The van der Waals surface area contributed by atoms with Crippen LogP contribution in [0.25, 0.3) is 0 Å². The number of carbonyl (C=O) groups is 2. The van der Waals surface area contributed by atoms with Crippen molar-refractivity contribution in [2.75, 3.05) is 13.7 Å². The summed E-state index contributed by atoms with van der Waals surface area (Å²) in [6.07, 6.45) is 0. The number of methoxy groups -OCH3 is 1. The summed E-state index contributed by atoms with van der Waals surface area (Å²) in [4.78, 5) is 23.6. The van der Waals surface area contributed by atoms with Crippen LogP contribution in [0.2, 0.25) is 0 Å². The fourth-order valence-electron chi connectivity index (χ4n) is 1.41. The van der Waals surface area contributed by atoms with E-state index in [9.17, 15) is 14.0 Å². The maximum absolute atomic E-state index is 13.6. The van der Waals surface area contributed by atoms with Crippen LogP contribution in [0.3, 0.4) is 0 Å². The highest BCUT2D eigenvalue weighted by molar-refractivity contribution is 5.99. The molecular formula is C14H18FNO3. The summed E-state index contributed by atoms with van der Waals surface area (Å²) >= 11 is 0. The van der Waals surface area contributed by atoms with E-state index in [0.29, 0.717) is 0 Å². The molecule has 0 radical (unpaired) electrons. The number of hydrogen-bond acceptors (Lipinski definition) is 3. The summed E-state index contributed by atoms with van der Waals surface area (Å²) in [5.74, 6) is -1.33. The largest absolute Gasteiger partial charge is 0.496 e. The summed E-state index contributed by atoms with van der Waals surface area (Å²) in [7, 11) is 1.35. The van der Waals surface area contributed by atoms with Crippen LogP contribution in [0.15, 0.2) is 18.2 Å². The lowest BCUT2D eigenvalue weighted by Gasteiger charge is -2.17. The fraction of sp³-hybridized carbons (Fsp3) is 0.429. The zero-order chi connectivity index (χ0) is 14.6. The van der Waals surface area contributed by atoms with Crippen molar-refractivity contribution in [3.05, 3.63) is 29.6 Å². The van der Waals surface area contributed by atoms with E-state index in [1.807, 2.05) is 0 Å². The number of halogens is 1. The summed E-state index contributed by atoms with van der Waals surface area (Å²) in [5, 5.41) is 2.41. The molecular weight excluding hydrogens is 249 g/mol. The quantitative estimate of drug-likeness (QED) is 0.909. The number of amides is 1. The molecule has 0 saturated carbocycles. The van der Waals surface area contributed by atoms with Crippen LogP contribution in [-0.4, -0.2) is 25.3 Å². The van der Waals surface area contributed by atoms with Gasteiger partial charge in [-0.2, -0.15) is 0 Å². The van der Waals surface area contributed by atoms with Crippen molar-refractivity contribution in [2.45, 2.75) is 20.8 Å². The van der Waals surface area contributed by atoms with E-state index in [4.69, 9.17) is 4.74 Å². The molecule has 0 bridgehead atoms. The molecule has 1 aromatic rings. The van der Waals surface area contributed by atoms with Crippen molar-refractivity contribution in [2.24, 2.45) is 5.41 Å². The number of benzene rings is 1. The first-order valence-electron chi connectivity index (χ1n) is 5.91. The number of ether oxygens (including phenoxy) is 1. The molecule has 0 fully saturated rings. The van der Waals surface area contributed by atoms with Gasteiger partial charge in [0.25, 0.3) is 5.91 Å². The van der Waals surface area contributed by atoms with Crippen LogP contribution in [0.1, 0.15) is 31.1 Å². The predicted molar refractivity (Wildman–Crippen MR) is 69.7 cm³/mol. The maximum Gasteiger partial charge on any atom is 0.258 e. The predicted octanol–water partition coefficient (Wildman–Crippen LogP) is 2.18. The van der Waals surface area contributed by atoms with Gasteiger partial charge >= 0.3 is 0 Å². The number of rotatable bonds is 4. The molecule has 19 heavy (non-hydrogen) atoms. The lowest BCUT2D eigenvalue weighted by molar-refractivity contribution is -0.125. The third-order valence-corrected chi connectivity index (χ3v) is 2.67. The van der Waals surface area contributed by atoms with Crippen molar-refractivity contribution in [3.8, 4) is 5.75 Å². The Kier molecular flexibility index (Phi) is 4.64. The molecule has 0 spiro atoms. The van der Waals surface area contributed by atoms with Crippen LogP contribution in [0.4, 0.5) is 4.39 Å². The van der Waals surface area contributed by atoms with Crippen molar-refractivity contribution >= 4 is 11.7 Å². The SMILES string of the molecule is COc1cccc(F)c1C(=O)NCC(=O)C(C)(C)C. The molecule has 1 N–H and O–H groups in total. The topological polar surface area (TPSA) is 55.4 Å². The minimum absolute atomic E-state index is 0.129. The summed E-state index contributed by atoms with van der Waals surface area (Å²) in [6.45, 7) is 5.13. The molecule has 0 aliphatic rings. The van der Waals surface area contributed by atoms with E-state index in [1.165, 1.54) is 25.3 Å². The van der Waals surface area contributed by atoms with Crippen molar-refractivity contribution in [1.82, 2.24) is 5.32 Å². The van der Waals surface area contributed by atoms with Gasteiger partial charge in [-0.25, -0.2) is 4.39 Å². The highest BCUT2D eigenvalue weighted by Gasteiger charge is 2.23. The van der Waals surface area contributed by atoms with E-state index in [1.54, 1.807) is 20.8 Å². The third-order valence-electron chi connectivity index (χ3n) is 2.67. The highest BCUT2D eigenvalue weighted by Crippen LogP contribution is 2.21. The lowest BCUT2D eigenvalue weighted by Crippen LogP contribution is -2.36. The van der Waals surface area contributed by atoms with E-state index in [-0.39, 0.29) is 23.6 Å². The molecule has 0 saturated heterocycles. The van der Waals surface area contributed by atoms with E-state index in [2.05, 4.69) is 5.32 Å². The molecule has 1 rings (SSSR count). The van der Waals surface area contributed by atoms with Gasteiger partial charge in [0.05, 0.1) is 13.7 Å². The smallest absolute Gasteiger partial charge is 0.258 e. The number of nitrogens with one attached hydrogen (secondary N) is 1. The zero-order valence-corrected chi connectivity index (χ0v) is 11.5. The van der Waals surface area contributed by atoms with Gasteiger partial charge in [-0.05, 0) is 12.1 Å². The van der Waals surface area contributed by atoms with Crippen LogP contribution in [0, 0.1) is 11.2 Å². The van der Waals surface area contributed by atoms with E-state index < -0.39 is 17.1 Å². The second-order valence-electron chi connectivity index (χ2n) is 5.17. The van der Waals surface area contributed by atoms with Crippen molar-refractivity contribution < 1.29 is 18.7 Å². The molecule has 0 unspecified atom stereocenters. The Labute approximate surface area is 112 Å². The number of hydrogen-bond donors (Lipinski definition) is 1. The van der Waals surface area contributed by atoms with Gasteiger partial charge < -0.3 is 10.1 Å². The third kappa shape index (κ3) is 3.77. The molecule has 0 aliphatic carbocycles. The van der Waals surface area contributed by atoms with Gasteiger partial charge in [-0.15, -0.1) is 0 Å². The average Bonchev–Trinajstić information content (AvgIpc) is 2.33. The van der Waals surface area contributed by atoms with Gasteiger partial charge in [0.2, 0.25) is 0 Å². The number of carbonyl (C=O) groups excluding carboxylic acids is 2. The summed E-state index contributed by atoms with van der Waals surface area (Å²) in [5.41, 5.74) is -0.737. The van der Waals surface area contributed by atoms with Crippen LogP contribution in [-0.2, 0) is 4.79 Å². The number of ketones is 1.